The Bertz CT molecular complexity index is 694. The van der Waals surface area contributed by atoms with Crippen molar-refractivity contribution in [3.8, 4) is 0 Å². The molecular weight excluding hydrogens is 366 g/mol. The van der Waals surface area contributed by atoms with Gasteiger partial charge >= 0.3 is 23.8 Å². The van der Waals surface area contributed by atoms with E-state index in [1.165, 1.54) is 31.4 Å². The molecule has 0 bridgehead atoms. The molecule has 1 fully saturated rings. The second-order valence-corrected chi connectivity index (χ2v) is 6.24. The highest BCUT2D eigenvalue weighted by Gasteiger charge is 2.62. The van der Waals surface area contributed by atoms with Crippen molar-refractivity contribution in [2.24, 2.45) is 0 Å². The van der Waals surface area contributed by atoms with Crippen LogP contribution in [0.5, 0.6) is 0 Å². The Morgan fingerprint density at radius 2 is 1.56 bits per heavy atom. The molecule has 1 aliphatic rings. The maximum absolute atomic E-state index is 14.3. The molecule has 1 aromatic carbocycles. The van der Waals surface area contributed by atoms with E-state index in [1.807, 2.05) is 0 Å². The van der Waals surface area contributed by atoms with Crippen molar-refractivity contribution < 1.29 is 42.5 Å². The number of hydrogen-bond acceptors (Lipinski definition) is 6. The van der Waals surface area contributed by atoms with Crippen molar-refractivity contribution in [1.82, 2.24) is 0 Å². The maximum atomic E-state index is 14.3. The summed E-state index contributed by atoms with van der Waals surface area (Å²) in [6, 6.07) is 5.00. The molecule has 1 aromatic rings. The highest BCUT2D eigenvalue weighted by Crippen LogP contribution is 2.44. The lowest BCUT2D eigenvalue weighted by Gasteiger charge is -2.40. The molecule has 9 heteroatoms. The Morgan fingerprint density at radius 1 is 1.04 bits per heavy atom. The fraction of sp³-hybridized carbons (Fsp3) is 0.500. The molecule has 0 saturated heterocycles. The van der Waals surface area contributed by atoms with Crippen LogP contribution in [0, 0.1) is 0 Å². The van der Waals surface area contributed by atoms with E-state index in [0.717, 1.165) is 0 Å². The molecule has 7 nitrogen and oxygen atoms in total. The number of alkyl halides is 2. The first kappa shape index (κ1) is 20.8. The molecule has 27 heavy (non-hydrogen) atoms. The van der Waals surface area contributed by atoms with Crippen LogP contribution in [-0.4, -0.2) is 48.4 Å². The number of rotatable bonds is 7. The van der Waals surface area contributed by atoms with Gasteiger partial charge in [0.2, 0.25) is 0 Å². The monoisotopic (exact) mass is 386 g/mol. The van der Waals surface area contributed by atoms with Gasteiger partial charge in [-0.2, -0.15) is 8.78 Å². The number of halogens is 2. The number of carboxylic acids is 1. The minimum Gasteiger partial charge on any atom is -0.477 e. The van der Waals surface area contributed by atoms with Gasteiger partial charge in [0.1, 0.15) is 0 Å². The van der Waals surface area contributed by atoms with E-state index in [0.29, 0.717) is 19.3 Å². The fourth-order valence-electron chi connectivity index (χ4n) is 2.97. The molecule has 2 rings (SSSR count). The number of aliphatic carboxylic acids is 1. The summed E-state index contributed by atoms with van der Waals surface area (Å²) in [6.07, 6.45) is 0.854. The molecule has 0 spiro atoms. The SMILES string of the molecule is COCOC(=O)c1ccc(C(=O)OC2(C(F)(F)C(=O)O)CCCCC2)cc1. The van der Waals surface area contributed by atoms with Gasteiger partial charge in [-0.25, -0.2) is 14.4 Å². The number of hydrogen-bond donors (Lipinski definition) is 1. The van der Waals surface area contributed by atoms with Gasteiger partial charge in [0.05, 0.1) is 11.1 Å². The summed E-state index contributed by atoms with van der Waals surface area (Å²) in [5, 5.41) is 8.91. The van der Waals surface area contributed by atoms with Crippen molar-refractivity contribution >= 4 is 17.9 Å². The average Bonchev–Trinajstić information content (AvgIpc) is 2.66. The second-order valence-electron chi connectivity index (χ2n) is 6.24. The Balaban J connectivity index is 2.18. The van der Waals surface area contributed by atoms with Gasteiger partial charge in [0.15, 0.2) is 12.4 Å². The summed E-state index contributed by atoms with van der Waals surface area (Å²) in [7, 11) is 1.35. The van der Waals surface area contributed by atoms with Crippen LogP contribution >= 0.6 is 0 Å². The number of esters is 2. The highest BCUT2D eigenvalue weighted by molar-refractivity contribution is 5.93. The van der Waals surface area contributed by atoms with Gasteiger partial charge in [-0.05, 0) is 49.9 Å². The Kier molecular flexibility index (Phi) is 6.48. The van der Waals surface area contributed by atoms with Crippen LogP contribution in [-0.2, 0) is 19.0 Å². The van der Waals surface area contributed by atoms with Gasteiger partial charge in [0, 0.05) is 7.11 Å². The van der Waals surface area contributed by atoms with Crippen LogP contribution < -0.4 is 0 Å². The third kappa shape index (κ3) is 4.41. The second kappa shape index (κ2) is 8.43. The molecule has 148 valence electrons. The van der Waals surface area contributed by atoms with Crippen LogP contribution in [0.1, 0.15) is 52.8 Å². The average molecular weight is 386 g/mol. The van der Waals surface area contributed by atoms with Gasteiger partial charge < -0.3 is 19.3 Å². The molecule has 0 heterocycles. The number of ether oxygens (including phenoxy) is 3. The predicted molar refractivity (Wildman–Crippen MR) is 87.5 cm³/mol. The van der Waals surface area contributed by atoms with E-state index < -0.39 is 29.4 Å². The van der Waals surface area contributed by atoms with Crippen molar-refractivity contribution in [2.75, 3.05) is 13.9 Å². The zero-order valence-electron chi connectivity index (χ0n) is 14.7. The first-order valence-electron chi connectivity index (χ1n) is 8.34. The zero-order chi connectivity index (χ0) is 20.1. The van der Waals surface area contributed by atoms with E-state index in [1.54, 1.807) is 0 Å². The normalized spacial score (nSPS) is 16.4. The quantitative estimate of drug-likeness (QED) is 0.568. The largest absolute Gasteiger partial charge is 0.477 e. The summed E-state index contributed by atoms with van der Waals surface area (Å²) in [6.45, 7) is -0.241. The number of carbonyl (C=O) groups excluding carboxylic acids is 2. The first-order valence-corrected chi connectivity index (χ1v) is 8.34. The Labute approximate surface area is 154 Å². The van der Waals surface area contributed by atoms with E-state index in [2.05, 4.69) is 4.74 Å². The Hall–Kier alpha value is -2.55. The molecule has 0 radical (unpaired) electrons. The third-order valence-corrected chi connectivity index (χ3v) is 4.45. The molecule has 0 amide bonds. The van der Waals surface area contributed by atoms with Crippen molar-refractivity contribution in [2.45, 2.75) is 43.6 Å². The smallest absolute Gasteiger partial charge is 0.381 e. The number of carboxylic acid groups (broad SMARTS) is 1. The van der Waals surface area contributed by atoms with E-state index in [4.69, 9.17) is 14.6 Å². The topological polar surface area (TPSA) is 99.1 Å². The van der Waals surface area contributed by atoms with Gasteiger partial charge in [-0.3, -0.25) is 0 Å². The minimum atomic E-state index is -4.20. The first-order chi connectivity index (χ1) is 12.7. The van der Waals surface area contributed by atoms with E-state index in [-0.39, 0.29) is 30.8 Å². The third-order valence-electron chi connectivity index (χ3n) is 4.45. The molecular formula is C18H20F2O7. The number of carbonyl (C=O) groups is 3. The van der Waals surface area contributed by atoms with E-state index in [9.17, 15) is 23.2 Å². The maximum Gasteiger partial charge on any atom is 0.381 e. The lowest BCUT2D eigenvalue weighted by Crippen LogP contribution is -2.56. The lowest BCUT2D eigenvalue weighted by molar-refractivity contribution is -0.215. The molecule has 1 aliphatic carbocycles. The van der Waals surface area contributed by atoms with Crippen molar-refractivity contribution in [3.63, 3.8) is 0 Å². The van der Waals surface area contributed by atoms with Gasteiger partial charge in [0.25, 0.3) is 0 Å². The van der Waals surface area contributed by atoms with Gasteiger partial charge in [-0.15, -0.1) is 0 Å². The predicted octanol–water partition coefficient (Wildman–Crippen LogP) is 3.03. The molecule has 1 N–H and O–H groups in total. The standard InChI is InChI=1S/C18H20F2O7/c1-25-11-26-14(21)12-5-7-13(8-6-12)15(22)27-17(9-3-2-4-10-17)18(19,20)16(23)24/h5-8H,2-4,9-11H2,1H3,(H,23,24). The highest BCUT2D eigenvalue weighted by atomic mass is 19.3. The molecule has 1 saturated carbocycles. The van der Waals surface area contributed by atoms with E-state index >= 15 is 0 Å². The van der Waals surface area contributed by atoms with Crippen molar-refractivity contribution in [3.05, 3.63) is 35.4 Å². The summed E-state index contributed by atoms with van der Waals surface area (Å²) in [5.74, 6) is -8.28. The van der Waals surface area contributed by atoms with Crippen LogP contribution in [0.25, 0.3) is 0 Å². The number of benzene rings is 1. The summed E-state index contributed by atoms with van der Waals surface area (Å²) in [4.78, 5) is 35.1. The van der Waals surface area contributed by atoms with Crippen molar-refractivity contribution in [1.29, 1.82) is 0 Å². The molecule has 0 unspecified atom stereocenters. The van der Waals surface area contributed by atoms with Gasteiger partial charge in [-0.1, -0.05) is 6.42 Å². The number of methoxy groups -OCH3 is 1. The van der Waals surface area contributed by atoms with Crippen LogP contribution in [0.15, 0.2) is 24.3 Å². The Morgan fingerprint density at radius 3 is 2.04 bits per heavy atom. The summed E-state index contributed by atoms with van der Waals surface area (Å²) >= 11 is 0. The zero-order valence-corrected chi connectivity index (χ0v) is 14.7. The summed E-state index contributed by atoms with van der Waals surface area (Å²) < 4.78 is 43.0. The van der Waals surface area contributed by atoms with Crippen LogP contribution in [0.3, 0.4) is 0 Å². The minimum absolute atomic E-state index is 0.0792. The molecule has 0 atom stereocenters. The fourth-order valence-corrected chi connectivity index (χ4v) is 2.97. The summed E-state index contributed by atoms with van der Waals surface area (Å²) in [5.41, 5.74) is -2.33. The lowest BCUT2D eigenvalue weighted by atomic mass is 9.79. The molecule has 0 aliphatic heterocycles. The van der Waals surface area contributed by atoms with Crippen LogP contribution in [0.2, 0.25) is 0 Å². The van der Waals surface area contributed by atoms with Crippen LogP contribution in [0.4, 0.5) is 8.78 Å². The molecule has 0 aromatic heterocycles.